The number of anilines is 1. The lowest BCUT2D eigenvalue weighted by Crippen LogP contribution is -2.38. The molecule has 1 aromatic carbocycles. The maximum absolute atomic E-state index is 12.2. The summed E-state index contributed by atoms with van der Waals surface area (Å²) in [6.07, 6.45) is 0. The number of hydrogen-bond donors (Lipinski definition) is 2. The lowest BCUT2D eigenvalue weighted by Gasteiger charge is -2.21. The number of amides is 1. The Morgan fingerprint density at radius 1 is 1.32 bits per heavy atom. The molecular formula is C17H22N2O3. The Labute approximate surface area is 130 Å². The van der Waals surface area contributed by atoms with Crippen molar-refractivity contribution >= 4 is 11.6 Å². The minimum atomic E-state index is -1.25. The third kappa shape index (κ3) is 3.68. The van der Waals surface area contributed by atoms with E-state index >= 15 is 0 Å². The highest BCUT2D eigenvalue weighted by molar-refractivity contribution is 5.95. The van der Waals surface area contributed by atoms with Crippen LogP contribution in [0.25, 0.3) is 0 Å². The zero-order valence-corrected chi connectivity index (χ0v) is 13.4. The van der Waals surface area contributed by atoms with Gasteiger partial charge in [-0.25, -0.2) is 0 Å². The number of hydrogen-bond acceptors (Lipinski definition) is 4. The number of furan rings is 1. The summed E-state index contributed by atoms with van der Waals surface area (Å²) >= 11 is 0. The third-order valence-electron chi connectivity index (χ3n) is 3.49. The van der Waals surface area contributed by atoms with Crippen LogP contribution >= 0.6 is 0 Å². The van der Waals surface area contributed by atoms with E-state index in [0.717, 1.165) is 11.4 Å². The van der Waals surface area contributed by atoms with Gasteiger partial charge in [-0.1, -0.05) is 6.07 Å². The van der Waals surface area contributed by atoms with E-state index in [2.05, 4.69) is 5.32 Å². The van der Waals surface area contributed by atoms with E-state index in [0.29, 0.717) is 11.3 Å². The van der Waals surface area contributed by atoms with Crippen molar-refractivity contribution in [3.05, 3.63) is 53.5 Å². The summed E-state index contributed by atoms with van der Waals surface area (Å²) in [6.45, 7) is 3.50. The van der Waals surface area contributed by atoms with Gasteiger partial charge in [0.05, 0.1) is 6.54 Å². The second kappa shape index (κ2) is 6.23. The van der Waals surface area contributed by atoms with E-state index in [1.807, 2.05) is 38.1 Å². The Morgan fingerprint density at radius 3 is 2.64 bits per heavy atom. The Balaban J connectivity index is 2.05. The molecule has 1 amide bonds. The number of carbonyl (C=O) groups excluding carboxylic acids is 1. The molecule has 118 valence electrons. The van der Waals surface area contributed by atoms with Crippen LogP contribution in [0.15, 0.2) is 40.8 Å². The van der Waals surface area contributed by atoms with E-state index in [-0.39, 0.29) is 12.5 Å². The summed E-state index contributed by atoms with van der Waals surface area (Å²) in [7, 11) is 3.84. The molecule has 1 heterocycles. The van der Waals surface area contributed by atoms with Gasteiger partial charge in [-0.3, -0.25) is 4.79 Å². The van der Waals surface area contributed by atoms with Crippen LogP contribution < -0.4 is 10.2 Å². The maximum atomic E-state index is 12.2. The van der Waals surface area contributed by atoms with Gasteiger partial charge in [-0.2, -0.15) is 0 Å². The largest absolute Gasteiger partial charge is 0.463 e. The van der Waals surface area contributed by atoms with Gasteiger partial charge in [0, 0.05) is 25.3 Å². The Bertz CT molecular complexity index is 659. The van der Waals surface area contributed by atoms with Gasteiger partial charge in [-0.05, 0) is 44.2 Å². The van der Waals surface area contributed by atoms with Crippen molar-refractivity contribution in [2.45, 2.75) is 19.4 Å². The minimum absolute atomic E-state index is 0.0744. The number of aliphatic hydroxyl groups is 1. The second-order valence-electron chi connectivity index (χ2n) is 5.81. The zero-order valence-electron chi connectivity index (χ0n) is 13.4. The summed E-state index contributed by atoms with van der Waals surface area (Å²) < 4.78 is 5.43. The van der Waals surface area contributed by atoms with Crippen LogP contribution in [-0.4, -0.2) is 31.7 Å². The molecule has 1 atom stereocenters. The van der Waals surface area contributed by atoms with Gasteiger partial charge in [-0.15, -0.1) is 0 Å². The molecule has 0 bridgehead atoms. The fraction of sp³-hybridized carbons (Fsp3) is 0.353. The molecule has 0 saturated carbocycles. The van der Waals surface area contributed by atoms with Crippen molar-refractivity contribution in [3.8, 4) is 0 Å². The summed E-state index contributed by atoms with van der Waals surface area (Å²) in [6, 6.07) is 10.8. The molecule has 1 aromatic heterocycles. The standard InChI is InChI=1S/C17H22N2O3/c1-12-8-9-15(22-12)17(2,21)11-18-16(20)13-6-5-7-14(10-13)19(3)4/h5-10,21H,11H2,1-4H3,(H,18,20)/t17-/m0/s1. The van der Waals surface area contributed by atoms with Crippen molar-refractivity contribution < 1.29 is 14.3 Å². The molecule has 0 aliphatic rings. The first-order chi connectivity index (χ1) is 10.3. The van der Waals surface area contributed by atoms with E-state index in [1.165, 1.54) is 0 Å². The van der Waals surface area contributed by atoms with E-state index < -0.39 is 5.60 Å². The Hall–Kier alpha value is -2.27. The number of benzene rings is 1. The number of aryl methyl sites for hydroxylation is 1. The van der Waals surface area contributed by atoms with Crippen LogP contribution in [0.4, 0.5) is 5.69 Å². The van der Waals surface area contributed by atoms with Crippen LogP contribution in [0.1, 0.15) is 28.8 Å². The fourth-order valence-corrected chi connectivity index (χ4v) is 2.09. The predicted molar refractivity (Wildman–Crippen MR) is 86.1 cm³/mol. The van der Waals surface area contributed by atoms with Crippen molar-refractivity contribution in [1.82, 2.24) is 5.32 Å². The molecule has 0 radical (unpaired) electrons. The van der Waals surface area contributed by atoms with Crippen molar-refractivity contribution in [1.29, 1.82) is 0 Å². The predicted octanol–water partition coefficient (Wildman–Crippen LogP) is 2.29. The first kappa shape index (κ1) is 16.1. The Kier molecular flexibility index (Phi) is 4.56. The topological polar surface area (TPSA) is 65.7 Å². The van der Waals surface area contributed by atoms with Crippen LogP contribution in [0.2, 0.25) is 0 Å². The van der Waals surface area contributed by atoms with Gasteiger partial charge in [0.15, 0.2) is 0 Å². The highest BCUT2D eigenvalue weighted by Crippen LogP contribution is 2.22. The SMILES string of the molecule is Cc1ccc([C@@](C)(O)CNC(=O)c2cccc(N(C)C)c2)o1. The number of rotatable bonds is 5. The number of carbonyl (C=O) groups is 1. The van der Waals surface area contributed by atoms with Crippen LogP contribution in [0.5, 0.6) is 0 Å². The Morgan fingerprint density at radius 2 is 2.05 bits per heavy atom. The molecule has 2 rings (SSSR count). The summed E-state index contributed by atoms with van der Waals surface area (Å²) in [5.41, 5.74) is 0.252. The van der Waals surface area contributed by atoms with Crippen molar-refractivity contribution in [3.63, 3.8) is 0 Å². The lowest BCUT2D eigenvalue weighted by atomic mass is 10.0. The molecule has 2 N–H and O–H groups in total. The lowest BCUT2D eigenvalue weighted by molar-refractivity contribution is 0.0323. The first-order valence-corrected chi connectivity index (χ1v) is 7.14. The number of nitrogens with one attached hydrogen (secondary N) is 1. The van der Waals surface area contributed by atoms with Gasteiger partial charge in [0.25, 0.3) is 5.91 Å². The molecule has 5 heteroatoms. The maximum Gasteiger partial charge on any atom is 0.251 e. The molecule has 22 heavy (non-hydrogen) atoms. The van der Waals surface area contributed by atoms with Crippen molar-refractivity contribution in [2.24, 2.45) is 0 Å². The quantitative estimate of drug-likeness (QED) is 0.889. The second-order valence-corrected chi connectivity index (χ2v) is 5.81. The van der Waals surface area contributed by atoms with E-state index in [4.69, 9.17) is 4.42 Å². The monoisotopic (exact) mass is 302 g/mol. The molecular weight excluding hydrogens is 280 g/mol. The van der Waals surface area contributed by atoms with Crippen LogP contribution in [0, 0.1) is 6.92 Å². The molecule has 0 spiro atoms. The van der Waals surface area contributed by atoms with Crippen LogP contribution in [-0.2, 0) is 5.60 Å². The molecule has 0 aliphatic carbocycles. The third-order valence-corrected chi connectivity index (χ3v) is 3.49. The van der Waals surface area contributed by atoms with Crippen molar-refractivity contribution in [2.75, 3.05) is 25.5 Å². The average Bonchev–Trinajstić information content (AvgIpc) is 2.92. The number of nitrogens with zero attached hydrogens (tertiary/aromatic N) is 1. The minimum Gasteiger partial charge on any atom is -0.463 e. The molecule has 2 aromatic rings. The summed E-state index contributed by atoms with van der Waals surface area (Å²) in [5.74, 6) is 0.930. The summed E-state index contributed by atoms with van der Waals surface area (Å²) in [4.78, 5) is 14.2. The van der Waals surface area contributed by atoms with Gasteiger partial charge >= 0.3 is 0 Å². The van der Waals surface area contributed by atoms with E-state index in [9.17, 15) is 9.90 Å². The molecule has 0 saturated heterocycles. The zero-order chi connectivity index (χ0) is 16.3. The van der Waals surface area contributed by atoms with Gasteiger partial charge in [0.1, 0.15) is 17.1 Å². The molecule has 0 fully saturated rings. The molecule has 5 nitrogen and oxygen atoms in total. The smallest absolute Gasteiger partial charge is 0.251 e. The van der Waals surface area contributed by atoms with Gasteiger partial charge in [0.2, 0.25) is 0 Å². The highest BCUT2D eigenvalue weighted by Gasteiger charge is 2.27. The average molecular weight is 302 g/mol. The van der Waals surface area contributed by atoms with Gasteiger partial charge < -0.3 is 19.7 Å². The molecule has 0 unspecified atom stereocenters. The summed E-state index contributed by atoms with van der Waals surface area (Å²) in [5, 5.41) is 13.2. The highest BCUT2D eigenvalue weighted by atomic mass is 16.4. The van der Waals surface area contributed by atoms with E-state index in [1.54, 1.807) is 31.2 Å². The fourth-order valence-electron chi connectivity index (χ4n) is 2.09. The molecule has 0 aliphatic heterocycles. The first-order valence-electron chi connectivity index (χ1n) is 7.14. The van der Waals surface area contributed by atoms with Crippen LogP contribution in [0.3, 0.4) is 0 Å². The normalized spacial score (nSPS) is 13.5.